The Bertz CT molecular complexity index is 399. The Morgan fingerprint density at radius 3 is 2.00 bits per heavy atom. The van der Waals surface area contributed by atoms with Gasteiger partial charge in [0.15, 0.2) is 11.5 Å². The van der Waals surface area contributed by atoms with E-state index in [1.807, 2.05) is 12.1 Å². The third kappa shape index (κ3) is 3.13. The summed E-state index contributed by atoms with van der Waals surface area (Å²) in [6.45, 7) is 6.34. The Morgan fingerprint density at radius 2 is 1.59 bits per heavy atom. The van der Waals surface area contributed by atoms with Crippen molar-refractivity contribution in [2.75, 3.05) is 14.2 Å². The Labute approximate surface area is 111 Å². The predicted molar refractivity (Wildman–Crippen MR) is 73.6 cm³/mol. The fraction of sp³-hybridized carbons (Fsp3) is 0.538. The van der Waals surface area contributed by atoms with Crippen molar-refractivity contribution in [1.29, 1.82) is 0 Å². The summed E-state index contributed by atoms with van der Waals surface area (Å²) in [7, 11) is 3.24. The molecule has 1 aromatic rings. The molecule has 0 aromatic heterocycles. The summed E-state index contributed by atoms with van der Waals surface area (Å²) in [6.07, 6.45) is 0. The van der Waals surface area contributed by atoms with E-state index in [0.29, 0.717) is 11.5 Å². The Kier molecular flexibility index (Phi) is 4.44. The minimum atomic E-state index is -0.0725. The largest absolute Gasteiger partial charge is 0.493 e. The summed E-state index contributed by atoms with van der Waals surface area (Å²) < 4.78 is 11.5. The molecule has 3 nitrogen and oxygen atoms in total. The van der Waals surface area contributed by atoms with Gasteiger partial charge in [0.2, 0.25) is 0 Å². The Morgan fingerprint density at radius 1 is 1.12 bits per heavy atom. The van der Waals surface area contributed by atoms with Crippen molar-refractivity contribution in [1.82, 2.24) is 0 Å². The van der Waals surface area contributed by atoms with Gasteiger partial charge in [-0.05, 0) is 23.1 Å². The van der Waals surface area contributed by atoms with Gasteiger partial charge in [0, 0.05) is 10.5 Å². The molecule has 1 atom stereocenters. The second-order valence-corrected chi connectivity index (χ2v) is 5.93. The number of halogens is 1. The van der Waals surface area contributed by atoms with Crippen LogP contribution in [0.25, 0.3) is 0 Å². The normalized spacial score (nSPS) is 13.4. The van der Waals surface area contributed by atoms with Crippen LogP contribution in [0.15, 0.2) is 16.6 Å². The van der Waals surface area contributed by atoms with Gasteiger partial charge in [-0.1, -0.05) is 36.7 Å². The van der Waals surface area contributed by atoms with Crippen molar-refractivity contribution in [2.45, 2.75) is 26.8 Å². The summed E-state index contributed by atoms with van der Waals surface area (Å²) in [5, 5.41) is 0. The van der Waals surface area contributed by atoms with Crippen LogP contribution >= 0.6 is 15.9 Å². The molecule has 0 amide bonds. The zero-order valence-corrected chi connectivity index (χ0v) is 12.6. The highest BCUT2D eigenvalue weighted by molar-refractivity contribution is 9.10. The third-order valence-electron chi connectivity index (χ3n) is 2.77. The summed E-state index contributed by atoms with van der Waals surface area (Å²) in [5.41, 5.74) is 7.27. The van der Waals surface area contributed by atoms with Gasteiger partial charge in [-0.15, -0.1) is 0 Å². The van der Waals surface area contributed by atoms with Crippen LogP contribution in [-0.2, 0) is 0 Å². The molecule has 0 saturated carbocycles. The van der Waals surface area contributed by atoms with Crippen LogP contribution in [0, 0.1) is 5.41 Å². The molecule has 2 N–H and O–H groups in total. The number of hydrogen-bond donors (Lipinski definition) is 1. The van der Waals surface area contributed by atoms with Gasteiger partial charge in [-0.25, -0.2) is 0 Å². The molecule has 0 aliphatic rings. The van der Waals surface area contributed by atoms with E-state index in [2.05, 4.69) is 36.7 Å². The van der Waals surface area contributed by atoms with E-state index in [-0.39, 0.29) is 11.5 Å². The molecule has 0 heterocycles. The van der Waals surface area contributed by atoms with E-state index in [9.17, 15) is 0 Å². The van der Waals surface area contributed by atoms with Crippen molar-refractivity contribution >= 4 is 15.9 Å². The molecule has 0 aliphatic heterocycles. The minimum absolute atomic E-state index is 0.0118. The molecule has 96 valence electrons. The number of ether oxygens (including phenoxy) is 2. The van der Waals surface area contributed by atoms with Gasteiger partial charge in [0.25, 0.3) is 0 Å². The molecule has 0 radical (unpaired) electrons. The van der Waals surface area contributed by atoms with Crippen molar-refractivity contribution in [3.8, 4) is 11.5 Å². The Balaban J connectivity index is 3.26. The summed E-state index contributed by atoms with van der Waals surface area (Å²) in [5.74, 6) is 1.40. The Hall–Kier alpha value is -0.740. The number of rotatable bonds is 3. The number of hydrogen-bond acceptors (Lipinski definition) is 3. The molecule has 0 spiro atoms. The maximum absolute atomic E-state index is 6.26. The van der Waals surface area contributed by atoms with Crippen LogP contribution in [0.4, 0.5) is 0 Å². The van der Waals surface area contributed by atoms with Gasteiger partial charge in [0.05, 0.1) is 14.2 Å². The number of benzene rings is 1. The van der Waals surface area contributed by atoms with E-state index in [1.54, 1.807) is 14.2 Å². The van der Waals surface area contributed by atoms with Crippen molar-refractivity contribution in [2.24, 2.45) is 11.1 Å². The molecular formula is C13H20BrNO2. The van der Waals surface area contributed by atoms with E-state index in [1.165, 1.54) is 0 Å². The zero-order valence-electron chi connectivity index (χ0n) is 11.0. The molecule has 1 aromatic carbocycles. The fourth-order valence-corrected chi connectivity index (χ4v) is 2.14. The number of nitrogens with two attached hydrogens (primary N) is 1. The lowest BCUT2D eigenvalue weighted by molar-refractivity contribution is 0.321. The molecule has 1 rings (SSSR count). The van der Waals surface area contributed by atoms with Gasteiger partial charge in [-0.3, -0.25) is 0 Å². The SMILES string of the molecule is COc1cc(Br)c([C@H](N)C(C)(C)C)cc1OC. The van der Waals surface area contributed by atoms with Crippen LogP contribution in [0.3, 0.4) is 0 Å². The van der Waals surface area contributed by atoms with Crippen LogP contribution in [0.1, 0.15) is 32.4 Å². The van der Waals surface area contributed by atoms with Crippen LogP contribution in [-0.4, -0.2) is 14.2 Å². The predicted octanol–water partition coefficient (Wildman–Crippen LogP) is 3.51. The van der Waals surface area contributed by atoms with Crippen molar-refractivity contribution in [3.63, 3.8) is 0 Å². The van der Waals surface area contributed by atoms with Crippen LogP contribution in [0.2, 0.25) is 0 Å². The van der Waals surface area contributed by atoms with Gasteiger partial charge in [0.1, 0.15) is 0 Å². The zero-order chi connectivity index (χ0) is 13.2. The second-order valence-electron chi connectivity index (χ2n) is 5.07. The molecule has 0 fully saturated rings. The monoisotopic (exact) mass is 301 g/mol. The topological polar surface area (TPSA) is 44.5 Å². The molecular weight excluding hydrogens is 282 g/mol. The van der Waals surface area contributed by atoms with Gasteiger partial charge >= 0.3 is 0 Å². The quantitative estimate of drug-likeness (QED) is 0.929. The molecule has 0 bridgehead atoms. The third-order valence-corrected chi connectivity index (χ3v) is 3.46. The van der Waals surface area contributed by atoms with E-state index >= 15 is 0 Å². The molecule has 17 heavy (non-hydrogen) atoms. The van der Waals surface area contributed by atoms with Crippen molar-refractivity contribution < 1.29 is 9.47 Å². The average molecular weight is 302 g/mol. The van der Waals surface area contributed by atoms with Gasteiger partial charge < -0.3 is 15.2 Å². The highest BCUT2D eigenvalue weighted by Gasteiger charge is 2.25. The number of methoxy groups -OCH3 is 2. The summed E-state index contributed by atoms with van der Waals surface area (Å²) in [6, 6.07) is 3.75. The summed E-state index contributed by atoms with van der Waals surface area (Å²) >= 11 is 3.53. The lowest BCUT2D eigenvalue weighted by Crippen LogP contribution is -2.26. The highest BCUT2D eigenvalue weighted by Crippen LogP contribution is 2.40. The van der Waals surface area contributed by atoms with Crippen LogP contribution in [0.5, 0.6) is 11.5 Å². The lowest BCUT2D eigenvalue weighted by Gasteiger charge is -2.28. The maximum atomic E-state index is 6.26. The van der Waals surface area contributed by atoms with Crippen LogP contribution < -0.4 is 15.2 Å². The van der Waals surface area contributed by atoms with E-state index in [4.69, 9.17) is 15.2 Å². The fourth-order valence-electron chi connectivity index (χ4n) is 1.57. The smallest absolute Gasteiger partial charge is 0.161 e. The first-order valence-electron chi connectivity index (χ1n) is 5.48. The first-order valence-corrected chi connectivity index (χ1v) is 6.27. The standard InChI is InChI=1S/C13H20BrNO2/c1-13(2,3)12(15)8-6-10(16-4)11(17-5)7-9(8)14/h6-7,12H,15H2,1-5H3/t12-/m0/s1. The van der Waals surface area contributed by atoms with Gasteiger partial charge in [-0.2, -0.15) is 0 Å². The summed E-state index contributed by atoms with van der Waals surface area (Å²) in [4.78, 5) is 0. The molecule has 0 aliphatic carbocycles. The molecule has 0 unspecified atom stereocenters. The second kappa shape index (κ2) is 5.27. The lowest BCUT2D eigenvalue weighted by atomic mass is 9.83. The average Bonchev–Trinajstić information content (AvgIpc) is 2.26. The van der Waals surface area contributed by atoms with Crippen molar-refractivity contribution in [3.05, 3.63) is 22.2 Å². The first-order chi connectivity index (χ1) is 7.81. The molecule has 4 heteroatoms. The minimum Gasteiger partial charge on any atom is -0.493 e. The highest BCUT2D eigenvalue weighted by atomic mass is 79.9. The maximum Gasteiger partial charge on any atom is 0.161 e. The van der Waals surface area contributed by atoms with E-state index in [0.717, 1.165) is 10.0 Å². The van der Waals surface area contributed by atoms with E-state index < -0.39 is 0 Å². The first kappa shape index (κ1) is 14.3. The molecule has 0 saturated heterocycles.